The molecule has 0 aliphatic rings. The van der Waals surface area contributed by atoms with Crippen molar-refractivity contribution in [1.82, 2.24) is 19.8 Å². The summed E-state index contributed by atoms with van der Waals surface area (Å²) >= 11 is 5.98. The fraction of sp³-hybridized carbons (Fsp3) is 0.105. The molecule has 0 atom stereocenters. The molecule has 2 aromatic carbocycles. The van der Waals surface area contributed by atoms with Gasteiger partial charge in [-0.25, -0.2) is 0 Å². The minimum atomic E-state index is -0.0211. The van der Waals surface area contributed by atoms with Crippen LogP contribution >= 0.6 is 11.6 Å². The largest absolute Gasteiger partial charge is 0.506 e. The van der Waals surface area contributed by atoms with Crippen molar-refractivity contribution in [3.05, 3.63) is 76.6 Å². The lowest BCUT2D eigenvalue weighted by Gasteiger charge is -2.08. The molecule has 0 radical (unpaired) electrons. The number of halogens is 1. The van der Waals surface area contributed by atoms with Crippen molar-refractivity contribution in [3.8, 4) is 5.75 Å². The molecular weight excluding hydrogens is 366 g/mol. The summed E-state index contributed by atoms with van der Waals surface area (Å²) in [5, 5.41) is 35.2. The second-order valence-corrected chi connectivity index (χ2v) is 6.46. The number of hydrogen-bond donors (Lipinski definition) is 3. The molecule has 0 fully saturated rings. The molecule has 27 heavy (non-hydrogen) atoms. The monoisotopic (exact) mass is 381 g/mol. The van der Waals surface area contributed by atoms with Gasteiger partial charge >= 0.3 is 0 Å². The van der Waals surface area contributed by atoms with Crippen LogP contribution in [-0.2, 0) is 13.0 Å². The summed E-state index contributed by atoms with van der Waals surface area (Å²) < 4.78 is 1.67. The Morgan fingerprint density at radius 1 is 1.00 bits per heavy atom. The van der Waals surface area contributed by atoms with E-state index in [0.29, 0.717) is 28.7 Å². The van der Waals surface area contributed by atoms with E-state index in [0.717, 1.165) is 16.8 Å². The molecule has 136 valence electrons. The molecule has 4 aromatic rings. The first-order valence-electron chi connectivity index (χ1n) is 8.28. The summed E-state index contributed by atoms with van der Waals surface area (Å²) in [4.78, 5) is 0. The normalized spacial score (nSPS) is 11.0. The van der Waals surface area contributed by atoms with Gasteiger partial charge in [-0.1, -0.05) is 29.8 Å². The van der Waals surface area contributed by atoms with Crippen molar-refractivity contribution < 1.29 is 10.2 Å². The van der Waals surface area contributed by atoms with E-state index in [9.17, 15) is 10.2 Å². The maximum Gasteiger partial charge on any atom is 0.178 e. The average molecular weight is 382 g/mol. The maximum atomic E-state index is 9.55. The third kappa shape index (κ3) is 3.69. The Hall–Kier alpha value is -3.16. The van der Waals surface area contributed by atoms with E-state index >= 15 is 0 Å². The van der Waals surface area contributed by atoms with Crippen LogP contribution in [0.3, 0.4) is 0 Å². The summed E-state index contributed by atoms with van der Waals surface area (Å²) in [5.41, 5.74) is 3.16. The molecule has 2 aromatic heterocycles. The van der Waals surface area contributed by atoms with Crippen molar-refractivity contribution >= 4 is 28.8 Å². The van der Waals surface area contributed by atoms with Gasteiger partial charge in [0.05, 0.1) is 11.6 Å². The molecule has 3 N–H and O–H groups in total. The highest BCUT2D eigenvalue weighted by Crippen LogP contribution is 2.25. The Kier molecular flexibility index (Phi) is 4.62. The molecule has 0 unspecified atom stereocenters. The Morgan fingerprint density at radius 2 is 1.89 bits per heavy atom. The van der Waals surface area contributed by atoms with Gasteiger partial charge in [0.1, 0.15) is 5.75 Å². The minimum absolute atomic E-state index is 0.0211. The van der Waals surface area contributed by atoms with Crippen LogP contribution in [0.15, 0.2) is 54.6 Å². The van der Waals surface area contributed by atoms with Gasteiger partial charge < -0.3 is 15.5 Å². The zero-order chi connectivity index (χ0) is 18.8. The van der Waals surface area contributed by atoms with Crippen LogP contribution in [-0.4, -0.2) is 30.0 Å². The van der Waals surface area contributed by atoms with Gasteiger partial charge in [0.25, 0.3) is 0 Å². The van der Waals surface area contributed by atoms with Gasteiger partial charge in [-0.05, 0) is 47.5 Å². The Balaban J connectivity index is 1.63. The highest BCUT2D eigenvalue weighted by Gasteiger charge is 2.10. The van der Waals surface area contributed by atoms with Crippen LogP contribution in [0.5, 0.6) is 5.75 Å². The second kappa shape index (κ2) is 7.22. The molecule has 8 heteroatoms. The zero-order valence-electron chi connectivity index (χ0n) is 14.2. The first-order valence-corrected chi connectivity index (χ1v) is 8.66. The third-order valence-electron chi connectivity index (χ3n) is 4.08. The average Bonchev–Trinajstić information content (AvgIpc) is 3.07. The number of phenols is 1. The van der Waals surface area contributed by atoms with Crippen LogP contribution in [0.4, 0.5) is 11.5 Å². The number of aromatic nitrogens is 4. The summed E-state index contributed by atoms with van der Waals surface area (Å²) in [6.45, 7) is -0.0211. The van der Waals surface area contributed by atoms with Gasteiger partial charge in [0.2, 0.25) is 0 Å². The van der Waals surface area contributed by atoms with Crippen molar-refractivity contribution in [2.75, 3.05) is 5.32 Å². The fourth-order valence-electron chi connectivity index (χ4n) is 2.75. The van der Waals surface area contributed by atoms with Crippen LogP contribution in [0.2, 0.25) is 5.02 Å². The highest BCUT2D eigenvalue weighted by atomic mass is 35.5. The highest BCUT2D eigenvalue weighted by molar-refractivity contribution is 6.32. The summed E-state index contributed by atoms with van der Waals surface area (Å²) in [7, 11) is 0. The number of nitrogens with zero attached hydrogens (tertiary/aromatic N) is 4. The first kappa shape index (κ1) is 17.3. The molecule has 0 amide bonds. The van der Waals surface area contributed by atoms with E-state index in [1.165, 1.54) is 0 Å². The van der Waals surface area contributed by atoms with Gasteiger partial charge in [0.15, 0.2) is 17.3 Å². The van der Waals surface area contributed by atoms with E-state index < -0.39 is 0 Å². The molecule has 0 bridgehead atoms. The zero-order valence-corrected chi connectivity index (χ0v) is 14.9. The Morgan fingerprint density at radius 3 is 2.70 bits per heavy atom. The lowest BCUT2D eigenvalue weighted by Crippen LogP contribution is -2.03. The van der Waals surface area contributed by atoms with E-state index in [-0.39, 0.29) is 12.4 Å². The fourth-order valence-corrected chi connectivity index (χ4v) is 2.95. The number of rotatable bonds is 5. The number of nitrogens with one attached hydrogen (secondary N) is 1. The minimum Gasteiger partial charge on any atom is -0.506 e. The van der Waals surface area contributed by atoms with Crippen molar-refractivity contribution in [3.63, 3.8) is 0 Å². The van der Waals surface area contributed by atoms with Gasteiger partial charge in [-0.2, -0.15) is 4.52 Å². The van der Waals surface area contributed by atoms with E-state index in [1.54, 1.807) is 22.7 Å². The molecule has 4 rings (SSSR count). The predicted molar refractivity (Wildman–Crippen MR) is 102 cm³/mol. The third-order valence-corrected chi connectivity index (χ3v) is 4.39. The predicted octanol–water partition coefficient (Wildman–Crippen LogP) is 3.31. The van der Waals surface area contributed by atoms with E-state index in [4.69, 9.17) is 11.6 Å². The molecular formula is C19H16ClN5O2. The lowest BCUT2D eigenvalue weighted by molar-refractivity contribution is 0.282. The second-order valence-electron chi connectivity index (χ2n) is 6.05. The Labute approximate surface area is 159 Å². The summed E-state index contributed by atoms with van der Waals surface area (Å²) in [6, 6.07) is 16.1. The first-order chi connectivity index (χ1) is 13.1. The molecule has 2 heterocycles. The van der Waals surface area contributed by atoms with Crippen LogP contribution in [0, 0.1) is 0 Å². The summed E-state index contributed by atoms with van der Waals surface area (Å²) in [6.07, 6.45) is 0.470. The van der Waals surface area contributed by atoms with Crippen LogP contribution in [0.1, 0.15) is 17.0 Å². The molecule has 0 aliphatic carbocycles. The summed E-state index contributed by atoms with van der Waals surface area (Å²) in [5.74, 6) is 1.32. The number of aromatic hydroxyl groups is 1. The quantitative estimate of drug-likeness (QED) is 0.491. The van der Waals surface area contributed by atoms with Crippen molar-refractivity contribution in [2.45, 2.75) is 13.0 Å². The lowest BCUT2D eigenvalue weighted by atomic mass is 10.1. The van der Waals surface area contributed by atoms with Crippen molar-refractivity contribution in [2.24, 2.45) is 0 Å². The number of anilines is 2. The van der Waals surface area contributed by atoms with Gasteiger partial charge in [-0.3, -0.25) is 0 Å². The number of aliphatic hydroxyl groups excluding tert-OH is 1. The van der Waals surface area contributed by atoms with Gasteiger partial charge in [-0.15, -0.1) is 15.3 Å². The van der Waals surface area contributed by atoms with E-state index in [2.05, 4.69) is 20.6 Å². The number of phenolic OH excluding ortho intramolecular Hbond substituents is 1. The number of aliphatic hydroxyl groups is 1. The Bertz CT molecular complexity index is 1110. The van der Waals surface area contributed by atoms with Crippen LogP contribution < -0.4 is 5.32 Å². The topological polar surface area (TPSA) is 95.6 Å². The number of hydrogen-bond acceptors (Lipinski definition) is 6. The molecule has 7 nitrogen and oxygen atoms in total. The molecule has 0 aliphatic heterocycles. The molecule has 0 spiro atoms. The maximum absolute atomic E-state index is 9.55. The molecule has 0 saturated carbocycles. The standard InChI is InChI=1S/C19H16ClN5O2/c20-15-9-12(4-5-16(15)27)10-19-23-22-18-7-6-17(24-25(18)19)21-14-3-1-2-13(8-14)11-26/h1-9,26-27H,10-11H2,(H,21,24). The smallest absolute Gasteiger partial charge is 0.178 e. The number of fused-ring (bicyclic) bond motifs is 1. The van der Waals surface area contributed by atoms with E-state index in [1.807, 2.05) is 36.4 Å². The SMILES string of the molecule is OCc1cccc(Nc2ccc3nnc(Cc4ccc(O)c(Cl)c4)n3n2)c1. The van der Waals surface area contributed by atoms with Gasteiger partial charge in [0, 0.05) is 12.1 Å². The molecule has 0 saturated heterocycles. The number of benzene rings is 2. The van der Waals surface area contributed by atoms with Crippen molar-refractivity contribution in [1.29, 1.82) is 0 Å². The van der Waals surface area contributed by atoms with Crippen LogP contribution in [0.25, 0.3) is 5.65 Å².